The molecule has 1 fully saturated rings. The van der Waals surface area contributed by atoms with Crippen molar-refractivity contribution in [3.63, 3.8) is 0 Å². The van der Waals surface area contributed by atoms with Crippen LogP contribution >= 0.6 is 39.3 Å². The number of thioether (sulfide) groups is 1. The number of nitrogens with zero attached hydrogens (tertiary/aromatic N) is 1. The molecule has 2 aliphatic heterocycles. The minimum absolute atomic E-state index is 0.237. The van der Waals surface area contributed by atoms with Gasteiger partial charge in [0.05, 0.1) is 0 Å². The van der Waals surface area contributed by atoms with Gasteiger partial charge < -0.3 is 19.7 Å². The average molecular weight is 608 g/mol. The van der Waals surface area contributed by atoms with E-state index in [0.29, 0.717) is 26.2 Å². The molecule has 12 heteroatoms. The molecule has 2 aromatic rings. The van der Waals surface area contributed by atoms with Crippen LogP contribution in [0.4, 0.5) is 0 Å². The molecule has 2 aromatic carbocycles. The van der Waals surface area contributed by atoms with Gasteiger partial charge in [-0.3, -0.25) is 19.2 Å². The number of carbonyl (C=O) groups excluding carboxylic acids is 5. The molecule has 0 saturated carbocycles. The summed E-state index contributed by atoms with van der Waals surface area (Å²) in [5.41, 5.74) is 0.995. The van der Waals surface area contributed by atoms with E-state index in [1.807, 2.05) is 0 Å². The van der Waals surface area contributed by atoms with Crippen LogP contribution in [0.3, 0.4) is 0 Å². The summed E-state index contributed by atoms with van der Waals surface area (Å²) in [5.74, 6) is -2.81. The zero-order valence-electron chi connectivity index (χ0n) is 19.3. The maximum Gasteiger partial charge on any atom is 0.333 e. The molecule has 0 bridgehead atoms. The molecule has 1 N–H and O–H groups in total. The second kappa shape index (κ2) is 11.5. The fourth-order valence-electron chi connectivity index (χ4n) is 3.79. The molecule has 1 saturated heterocycles. The van der Waals surface area contributed by atoms with Crippen LogP contribution in [-0.2, 0) is 23.9 Å². The topological polar surface area (TPSA) is 119 Å². The number of fused-ring (bicyclic) bond motifs is 1. The Hall–Kier alpha value is -3.15. The van der Waals surface area contributed by atoms with Crippen LogP contribution < -0.4 is 5.32 Å². The van der Waals surface area contributed by atoms with Crippen molar-refractivity contribution < 1.29 is 33.4 Å². The number of hydrogen-bond donors (Lipinski definition) is 1. The van der Waals surface area contributed by atoms with Crippen molar-refractivity contribution in [3.8, 4) is 0 Å². The second-order valence-corrected chi connectivity index (χ2v) is 10.5. The second-order valence-electron chi connectivity index (χ2n) is 8.15. The van der Waals surface area contributed by atoms with E-state index in [9.17, 15) is 24.0 Å². The van der Waals surface area contributed by atoms with Crippen LogP contribution in [0.2, 0.25) is 5.02 Å². The van der Waals surface area contributed by atoms with E-state index in [0.717, 1.165) is 0 Å². The number of hydrogen-bond acceptors (Lipinski definition) is 8. The molecule has 0 spiro atoms. The Kier molecular flexibility index (Phi) is 8.35. The van der Waals surface area contributed by atoms with Crippen LogP contribution in [0.25, 0.3) is 0 Å². The van der Waals surface area contributed by atoms with Crippen molar-refractivity contribution in [2.75, 3.05) is 13.2 Å². The third-order valence-electron chi connectivity index (χ3n) is 5.62. The maximum absolute atomic E-state index is 13.1. The van der Waals surface area contributed by atoms with Crippen LogP contribution in [0.5, 0.6) is 0 Å². The zero-order valence-corrected chi connectivity index (χ0v) is 22.5. The fourth-order valence-corrected chi connectivity index (χ4v) is 5.52. The molecule has 2 amide bonds. The lowest BCUT2D eigenvalue weighted by atomic mass is 9.98. The molecule has 2 unspecified atom stereocenters. The lowest BCUT2D eigenvalue weighted by Crippen LogP contribution is -2.74. The highest BCUT2D eigenvalue weighted by Crippen LogP contribution is 2.40. The summed E-state index contributed by atoms with van der Waals surface area (Å²) in [6.45, 7) is 0.430. The van der Waals surface area contributed by atoms with Crippen LogP contribution in [0, 0.1) is 0 Å². The van der Waals surface area contributed by atoms with Crippen molar-refractivity contribution in [1.29, 1.82) is 0 Å². The number of rotatable bonds is 8. The summed E-state index contributed by atoms with van der Waals surface area (Å²) in [5, 5.41) is 4.19. The van der Waals surface area contributed by atoms with E-state index < -0.39 is 53.6 Å². The van der Waals surface area contributed by atoms with Gasteiger partial charge in [-0.25, -0.2) is 4.79 Å². The largest absolute Gasteiger partial charge is 0.461 e. The van der Waals surface area contributed by atoms with Crippen LogP contribution in [-0.4, -0.2) is 65.1 Å². The van der Waals surface area contributed by atoms with Gasteiger partial charge in [-0.2, -0.15) is 0 Å². The highest BCUT2D eigenvalue weighted by Gasteiger charge is 2.56. The highest BCUT2D eigenvalue weighted by atomic mass is 79.9. The Morgan fingerprint density at radius 2 is 1.81 bits per heavy atom. The van der Waals surface area contributed by atoms with E-state index in [4.69, 9.17) is 21.1 Å². The monoisotopic (exact) mass is 606 g/mol. The van der Waals surface area contributed by atoms with Crippen molar-refractivity contribution in [2.24, 2.45) is 0 Å². The molecule has 37 heavy (non-hydrogen) atoms. The molecule has 2 aliphatic rings. The summed E-state index contributed by atoms with van der Waals surface area (Å²) in [6.07, 6.45) is 0. The Morgan fingerprint density at radius 3 is 2.49 bits per heavy atom. The van der Waals surface area contributed by atoms with E-state index >= 15 is 0 Å². The number of β-lactam (4-membered cyclic amide) rings is 1. The molecular formula is C25H20BrClN2O7S. The predicted octanol–water partition coefficient (Wildman–Crippen LogP) is 3.36. The van der Waals surface area contributed by atoms with Gasteiger partial charge in [-0.15, -0.1) is 11.8 Å². The first-order valence-electron chi connectivity index (χ1n) is 11.0. The number of ketones is 1. The summed E-state index contributed by atoms with van der Waals surface area (Å²) >= 11 is 10.4. The first kappa shape index (κ1) is 26.9. The van der Waals surface area contributed by atoms with Gasteiger partial charge >= 0.3 is 11.9 Å². The van der Waals surface area contributed by atoms with Crippen molar-refractivity contribution in [1.82, 2.24) is 10.2 Å². The van der Waals surface area contributed by atoms with Crippen LogP contribution in [0.15, 0.2) is 64.0 Å². The minimum Gasteiger partial charge on any atom is -0.461 e. The molecule has 0 aromatic heterocycles. The standard InChI is InChI=1S/C25H20BrClN2O7S/c1-13(30)35-10-16-12-37-24-20(28-22(32)15-3-2-4-17(26)9-15)23(33)29(24)21(16)25(34)36-11-19(31)14-5-7-18(27)8-6-14/h2-9,12,20-21,24H,10-11H2,1H3,(H,28,32)/t20?,21?,24-/m1/s1. The number of Topliss-reactive ketones (excluding diaryl/α,β-unsaturated/α-hetero) is 1. The number of benzene rings is 2. The van der Waals surface area contributed by atoms with E-state index in [-0.39, 0.29) is 6.61 Å². The van der Waals surface area contributed by atoms with Crippen LogP contribution in [0.1, 0.15) is 27.6 Å². The van der Waals surface area contributed by atoms with E-state index in [1.54, 1.807) is 41.8 Å². The number of esters is 2. The summed E-state index contributed by atoms with van der Waals surface area (Å²) in [7, 11) is 0. The Balaban J connectivity index is 1.48. The van der Waals surface area contributed by atoms with E-state index in [1.165, 1.54) is 35.7 Å². The van der Waals surface area contributed by atoms with Crippen molar-refractivity contribution in [2.45, 2.75) is 24.4 Å². The average Bonchev–Trinajstić information content (AvgIpc) is 2.88. The highest BCUT2D eigenvalue weighted by molar-refractivity contribution is 9.10. The lowest BCUT2D eigenvalue weighted by Gasteiger charge is -2.51. The van der Waals surface area contributed by atoms with Crippen molar-refractivity contribution in [3.05, 3.63) is 80.1 Å². The molecule has 0 radical (unpaired) electrons. The minimum atomic E-state index is -1.21. The SMILES string of the molecule is CC(=O)OCC1=CS[C@@H]2C(NC(=O)c3cccc(Br)c3)C(=O)N2C1C(=O)OCC(=O)c1ccc(Cl)cc1. The lowest BCUT2D eigenvalue weighted by molar-refractivity contribution is -0.162. The van der Waals surface area contributed by atoms with Gasteiger partial charge in [0.1, 0.15) is 18.0 Å². The van der Waals surface area contributed by atoms with Gasteiger partial charge in [0.25, 0.3) is 5.91 Å². The van der Waals surface area contributed by atoms with Gasteiger partial charge in [0.15, 0.2) is 18.4 Å². The van der Waals surface area contributed by atoms with Gasteiger partial charge in [0.2, 0.25) is 5.91 Å². The molecule has 2 heterocycles. The van der Waals surface area contributed by atoms with Crippen molar-refractivity contribution >= 4 is 68.8 Å². The summed E-state index contributed by atoms with van der Waals surface area (Å²) in [6, 6.07) is 10.7. The Labute approximate surface area is 229 Å². The maximum atomic E-state index is 13.1. The first-order valence-corrected chi connectivity index (χ1v) is 13.1. The Bertz CT molecular complexity index is 1300. The molecule has 0 aliphatic carbocycles. The smallest absolute Gasteiger partial charge is 0.333 e. The molecular weight excluding hydrogens is 588 g/mol. The molecule has 9 nitrogen and oxygen atoms in total. The summed E-state index contributed by atoms with van der Waals surface area (Å²) < 4.78 is 11.0. The van der Waals surface area contributed by atoms with Gasteiger partial charge in [-0.1, -0.05) is 33.6 Å². The fraction of sp³-hybridized carbons (Fsp3) is 0.240. The Morgan fingerprint density at radius 1 is 1.08 bits per heavy atom. The third-order valence-corrected chi connectivity index (χ3v) is 7.58. The number of nitrogens with one attached hydrogen (secondary N) is 1. The third kappa shape index (κ3) is 6.06. The quantitative estimate of drug-likeness (QED) is 0.276. The molecule has 192 valence electrons. The summed E-state index contributed by atoms with van der Waals surface area (Å²) in [4.78, 5) is 63.9. The van der Waals surface area contributed by atoms with Gasteiger partial charge in [0, 0.05) is 33.1 Å². The normalized spacial score (nSPS) is 20.2. The first-order chi connectivity index (χ1) is 17.7. The zero-order chi connectivity index (χ0) is 26.7. The number of amides is 2. The molecule has 4 rings (SSSR count). The predicted molar refractivity (Wildman–Crippen MR) is 139 cm³/mol. The molecule has 3 atom stereocenters. The number of halogens is 2. The van der Waals surface area contributed by atoms with Gasteiger partial charge in [-0.05, 0) is 47.9 Å². The number of ether oxygens (including phenoxy) is 2. The number of carbonyl (C=O) groups is 5. The van der Waals surface area contributed by atoms with E-state index in [2.05, 4.69) is 21.2 Å².